The smallest absolute Gasteiger partial charge is 0.0945 e. The number of rotatable bonds is 9. The van der Waals surface area contributed by atoms with E-state index in [-0.39, 0.29) is 0 Å². The summed E-state index contributed by atoms with van der Waals surface area (Å²) in [6.07, 6.45) is 10.8. The van der Waals surface area contributed by atoms with Crippen LogP contribution < -0.4 is 5.32 Å². The maximum atomic E-state index is 4.03. The summed E-state index contributed by atoms with van der Waals surface area (Å²) in [5, 5.41) is 3.54. The Morgan fingerprint density at radius 3 is 2.69 bits per heavy atom. The van der Waals surface area contributed by atoms with Crippen LogP contribution in [0.4, 0.5) is 0 Å². The van der Waals surface area contributed by atoms with Crippen LogP contribution in [0.1, 0.15) is 39.5 Å². The number of unbranched alkanes of at least 4 members (excludes halogenated alkanes) is 1. The summed E-state index contributed by atoms with van der Waals surface area (Å²) in [6.45, 7) is 7.96. The second kappa shape index (κ2) is 8.34. The second-order valence-electron chi connectivity index (χ2n) is 4.39. The highest BCUT2D eigenvalue weighted by Crippen LogP contribution is 2.05. The van der Waals surface area contributed by atoms with Crippen LogP contribution in [-0.2, 0) is 6.54 Å². The topological polar surface area (TPSA) is 29.9 Å². The van der Waals surface area contributed by atoms with Gasteiger partial charge in [0.1, 0.15) is 0 Å². The molecule has 0 saturated carbocycles. The summed E-state index contributed by atoms with van der Waals surface area (Å²) >= 11 is 0. The molecule has 0 spiro atoms. The molecule has 0 radical (unpaired) electrons. The van der Waals surface area contributed by atoms with Crippen LogP contribution in [0.2, 0.25) is 0 Å². The van der Waals surface area contributed by atoms with Crippen molar-refractivity contribution in [3.63, 3.8) is 0 Å². The van der Waals surface area contributed by atoms with Gasteiger partial charge in [-0.2, -0.15) is 0 Å². The summed E-state index contributed by atoms with van der Waals surface area (Å²) in [5.74, 6) is 0.855. The number of hydrogen-bond acceptors (Lipinski definition) is 2. The summed E-state index contributed by atoms with van der Waals surface area (Å²) in [7, 11) is 0. The fraction of sp³-hybridized carbons (Fsp3) is 0.769. The van der Waals surface area contributed by atoms with Crippen molar-refractivity contribution in [2.75, 3.05) is 13.1 Å². The number of imidazole rings is 1. The molecular weight excluding hydrogens is 198 g/mol. The van der Waals surface area contributed by atoms with Crippen LogP contribution in [0.15, 0.2) is 18.7 Å². The number of nitrogens with one attached hydrogen (secondary N) is 1. The van der Waals surface area contributed by atoms with Crippen molar-refractivity contribution in [3.8, 4) is 0 Å². The van der Waals surface area contributed by atoms with Crippen LogP contribution >= 0.6 is 0 Å². The molecule has 0 aliphatic heterocycles. The molecule has 16 heavy (non-hydrogen) atoms. The van der Waals surface area contributed by atoms with Gasteiger partial charge in [0.2, 0.25) is 0 Å². The van der Waals surface area contributed by atoms with E-state index in [1.165, 1.54) is 32.2 Å². The van der Waals surface area contributed by atoms with E-state index in [4.69, 9.17) is 0 Å². The maximum Gasteiger partial charge on any atom is 0.0945 e. The lowest BCUT2D eigenvalue weighted by atomic mass is 10.0. The summed E-state index contributed by atoms with van der Waals surface area (Å²) in [4.78, 5) is 4.03. The standard InChI is InChI=1S/C13H25N3/c1-3-13(4-2)11-14-7-5-6-9-16-10-8-15-12-16/h8,10,12-14H,3-7,9,11H2,1-2H3. The zero-order valence-electron chi connectivity index (χ0n) is 10.7. The third kappa shape index (κ3) is 5.31. The fourth-order valence-electron chi connectivity index (χ4n) is 1.85. The minimum absolute atomic E-state index is 0.855. The highest BCUT2D eigenvalue weighted by atomic mass is 15.0. The van der Waals surface area contributed by atoms with Crippen molar-refractivity contribution in [2.24, 2.45) is 5.92 Å². The van der Waals surface area contributed by atoms with Crippen molar-refractivity contribution < 1.29 is 0 Å². The summed E-state index contributed by atoms with van der Waals surface area (Å²) < 4.78 is 2.14. The molecule has 0 aliphatic carbocycles. The lowest BCUT2D eigenvalue weighted by molar-refractivity contribution is 0.442. The first-order valence-electron chi connectivity index (χ1n) is 6.53. The monoisotopic (exact) mass is 223 g/mol. The average molecular weight is 223 g/mol. The summed E-state index contributed by atoms with van der Waals surface area (Å²) in [5.41, 5.74) is 0. The fourth-order valence-corrected chi connectivity index (χ4v) is 1.85. The van der Waals surface area contributed by atoms with Gasteiger partial charge in [0.25, 0.3) is 0 Å². The zero-order chi connectivity index (χ0) is 11.6. The van der Waals surface area contributed by atoms with Crippen molar-refractivity contribution in [1.82, 2.24) is 14.9 Å². The van der Waals surface area contributed by atoms with Gasteiger partial charge >= 0.3 is 0 Å². The van der Waals surface area contributed by atoms with Crippen LogP contribution in [-0.4, -0.2) is 22.6 Å². The van der Waals surface area contributed by atoms with Gasteiger partial charge in [0.05, 0.1) is 6.33 Å². The van der Waals surface area contributed by atoms with Crippen LogP contribution in [0, 0.1) is 5.92 Å². The van der Waals surface area contributed by atoms with Crippen molar-refractivity contribution in [3.05, 3.63) is 18.7 Å². The molecule has 92 valence electrons. The van der Waals surface area contributed by atoms with E-state index in [0.29, 0.717) is 0 Å². The van der Waals surface area contributed by atoms with E-state index in [1.54, 1.807) is 0 Å². The number of aryl methyl sites for hydroxylation is 1. The first-order chi connectivity index (χ1) is 7.86. The molecular formula is C13H25N3. The van der Waals surface area contributed by atoms with Gasteiger partial charge in [-0.1, -0.05) is 26.7 Å². The largest absolute Gasteiger partial charge is 0.337 e. The predicted molar refractivity (Wildman–Crippen MR) is 68.4 cm³/mol. The Labute approximate surface area is 99.3 Å². The maximum absolute atomic E-state index is 4.03. The first kappa shape index (κ1) is 13.2. The normalized spacial score (nSPS) is 11.2. The predicted octanol–water partition coefficient (Wildman–Crippen LogP) is 2.69. The van der Waals surface area contributed by atoms with Crippen LogP contribution in [0.5, 0.6) is 0 Å². The van der Waals surface area contributed by atoms with Gasteiger partial charge in [-0.15, -0.1) is 0 Å². The quantitative estimate of drug-likeness (QED) is 0.652. The second-order valence-corrected chi connectivity index (χ2v) is 4.39. The van der Waals surface area contributed by atoms with Gasteiger partial charge < -0.3 is 9.88 Å². The Kier molecular flexibility index (Phi) is 6.90. The van der Waals surface area contributed by atoms with Gasteiger partial charge in [0, 0.05) is 18.9 Å². The number of nitrogens with zero attached hydrogens (tertiary/aromatic N) is 2. The molecule has 3 nitrogen and oxygen atoms in total. The number of hydrogen-bond donors (Lipinski definition) is 1. The lowest BCUT2D eigenvalue weighted by Crippen LogP contribution is -2.23. The van der Waals surface area contributed by atoms with Gasteiger partial charge in [0.15, 0.2) is 0 Å². The van der Waals surface area contributed by atoms with E-state index in [9.17, 15) is 0 Å². The first-order valence-corrected chi connectivity index (χ1v) is 6.53. The molecule has 0 aromatic carbocycles. The molecule has 1 heterocycles. The molecule has 1 rings (SSSR count). The van der Waals surface area contributed by atoms with Crippen LogP contribution in [0.25, 0.3) is 0 Å². The van der Waals surface area contributed by atoms with Gasteiger partial charge in [-0.05, 0) is 31.8 Å². The van der Waals surface area contributed by atoms with Crippen molar-refractivity contribution in [1.29, 1.82) is 0 Å². The minimum Gasteiger partial charge on any atom is -0.337 e. The highest BCUT2D eigenvalue weighted by molar-refractivity contribution is 4.73. The third-order valence-corrected chi connectivity index (χ3v) is 3.17. The molecule has 3 heteroatoms. The average Bonchev–Trinajstić information content (AvgIpc) is 2.81. The number of aromatic nitrogens is 2. The molecule has 0 saturated heterocycles. The molecule has 0 amide bonds. The Hall–Kier alpha value is -0.830. The molecule has 0 bridgehead atoms. The molecule has 0 atom stereocenters. The Bertz CT molecular complexity index is 240. The van der Waals surface area contributed by atoms with Gasteiger partial charge in [-0.3, -0.25) is 0 Å². The van der Waals surface area contributed by atoms with E-state index >= 15 is 0 Å². The van der Waals surface area contributed by atoms with Crippen molar-refractivity contribution in [2.45, 2.75) is 46.1 Å². The zero-order valence-corrected chi connectivity index (χ0v) is 10.7. The van der Waals surface area contributed by atoms with E-state index < -0.39 is 0 Å². The Morgan fingerprint density at radius 1 is 1.25 bits per heavy atom. The Balaban J connectivity index is 1.92. The molecule has 0 unspecified atom stereocenters. The van der Waals surface area contributed by atoms with Gasteiger partial charge in [-0.25, -0.2) is 4.98 Å². The molecule has 0 fully saturated rings. The minimum atomic E-state index is 0.855. The molecule has 1 aromatic heterocycles. The molecule has 1 N–H and O–H groups in total. The van der Waals surface area contributed by atoms with Crippen molar-refractivity contribution >= 4 is 0 Å². The van der Waals surface area contributed by atoms with Crippen LogP contribution in [0.3, 0.4) is 0 Å². The SMILES string of the molecule is CCC(CC)CNCCCCn1ccnc1. The van der Waals surface area contributed by atoms with E-state index in [2.05, 4.69) is 28.7 Å². The molecule has 1 aromatic rings. The highest BCUT2D eigenvalue weighted by Gasteiger charge is 2.01. The lowest BCUT2D eigenvalue weighted by Gasteiger charge is -2.13. The van der Waals surface area contributed by atoms with E-state index in [1.807, 2.05) is 18.7 Å². The molecule has 0 aliphatic rings. The van der Waals surface area contributed by atoms with E-state index in [0.717, 1.165) is 19.0 Å². The summed E-state index contributed by atoms with van der Waals surface area (Å²) in [6, 6.07) is 0. The third-order valence-electron chi connectivity index (χ3n) is 3.17. The Morgan fingerprint density at radius 2 is 2.06 bits per heavy atom.